The van der Waals surface area contributed by atoms with Crippen LogP contribution in [-0.2, 0) is 6.18 Å². The summed E-state index contributed by atoms with van der Waals surface area (Å²) in [7, 11) is 0. The minimum Gasteiger partial charge on any atom is -0.459 e. The van der Waals surface area contributed by atoms with Crippen molar-refractivity contribution in [3.8, 4) is 0 Å². The van der Waals surface area contributed by atoms with Crippen molar-refractivity contribution in [2.75, 3.05) is 5.32 Å². The fraction of sp³-hybridized carbons (Fsp3) is 0.200. The molecular weight excluding hydrogens is 485 g/mol. The summed E-state index contributed by atoms with van der Waals surface area (Å²) >= 11 is 28.4. The molecule has 0 aliphatic heterocycles. The van der Waals surface area contributed by atoms with E-state index in [0.29, 0.717) is 0 Å². The zero-order valence-corrected chi connectivity index (χ0v) is 17.3. The third kappa shape index (κ3) is 6.31. The summed E-state index contributed by atoms with van der Waals surface area (Å²) in [4.78, 5) is 12.1. The predicted octanol–water partition coefficient (Wildman–Crippen LogP) is 5.36. The van der Waals surface area contributed by atoms with Crippen LogP contribution in [0.1, 0.15) is 16.1 Å². The minimum atomic E-state index is -4.58. The molecule has 3 N–H and O–H groups in total. The van der Waals surface area contributed by atoms with Gasteiger partial charge in [-0.05, 0) is 42.5 Å². The van der Waals surface area contributed by atoms with Crippen LogP contribution in [0.15, 0.2) is 41.0 Å². The standard InChI is InChI=1S/C15H10Cl4F3N3O2S/c16-8-4-3-7(15(20,21)22)6-9(8)23-13(28)25-12(14(17,18)19)24-11(26)10-2-1-5-27-10/h1-6,12H,(H,24,26)(H2,23,25,28)/t12-/m1/s1. The largest absolute Gasteiger partial charge is 0.459 e. The van der Waals surface area contributed by atoms with Gasteiger partial charge in [0.15, 0.2) is 10.9 Å². The molecule has 0 spiro atoms. The average molecular weight is 495 g/mol. The van der Waals surface area contributed by atoms with Crippen molar-refractivity contribution in [2.24, 2.45) is 0 Å². The molecule has 0 fully saturated rings. The number of hydrogen-bond acceptors (Lipinski definition) is 3. The molecule has 1 aromatic carbocycles. The molecule has 0 saturated heterocycles. The maximum Gasteiger partial charge on any atom is 0.416 e. The van der Waals surface area contributed by atoms with E-state index in [9.17, 15) is 18.0 Å². The number of alkyl halides is 6. The lowest BCUT2D eigenvalue weighted by atomic mass is 10.2. The van der Waals surface area contributed by atoms with Gasteiger partial charge in [0.05, 0.1) is 22.5 Å². The highest BCUT2D eigenvalue weighted by atomic mass is 35.6. The summed E-state index contributed by atoms with van der Waals surface area (Å²) < 4.78 is 41.4. The molecule has 0 radical (unpaired) electrons. The van der Waals surface area contributed by atoms with Gasteiger partial charge < -0.3 is 20.4 Å². The lowest BCUT2D eigenvalue weighted by Gasteiger charge is -2.27. The van der Waals surface area contributed by atoms with Gasteiger partial charge in [0.25, 0.3) is 5.91 Å². The fourth-order valence-electron chi connectivity index (χ4n) is 1.90. The maximum atomic E-state index is 12.9. The number of hydrogen-bond donors (Lipinski definition) is 3. The van der Waals surface area contributed by atoms with Crippen LogP contribution in [-0.4, -0.2) is 21.0 Å². The summed E-state index contributed by atoms with van der Waals surface area (Å²) in [6.07, 6.45) is -4.65. The normalized spacial score (nSPS) is 13.0. The second-order valence-electron chi connectivity index (χ2n) is 5.22. The van der Waals surface area contributed by atoms with Crippen molar-refractivity contribution in [2.45, 2.75) is 16.1 Å². The molecule has 2 aromatic rings. The molecule has 28 heavy (non-hydrogen) atoms. The van der Waals surface area contributed by atoms with Crippen molar-refractivity contribution in [1.82, 2.24) is 10.6 Å². The average Bonchev–Trinajstić information content (AvgIpc) is 3.09. The zero-order chi connectivity index (χ0) is 21.1. The van der Waals surface area contributed by atoms with Gasteiger partial charge in [-0.25, -0.2) is 0 Å². The Kier molecular flexibility index (Phi) is 7.33. The molecule has 13 heteroatoms. The topological polar surface area (TPSA) is 66.3 Å². The van der Waals surface area contributed by atoms with Crippen molar-refractivity contribution in [3.63, 3.8) is 0 Å². The van der Waals surface area contributed by atoms with Gasteiger partial charge in [-0.1, -0.05) is 46.4 Å². The number of nitrogens with one attached hydrogen (secondary N) is 3. The van der Waals surface area contributed by atoms with E-state index in [1.807, 2.05) is 0 Å². The number of amides is 1. The van der Waals surface area contributed by atoms with Crippen LogP contribution in [0.2, 0.25) is 5.02 Å². The number of benzene rings is 1. The number of halogens is 7. The van der Waals surface area contributed by atoms with Gasteiger partial charge in [-0.2, -0.15) is 13.2 Å². The Balaban J connectivity index is 2.13. The van der Waals surface area contributed by atoms with Gasteiger partial charge in [0, 0.05) is 0 Å². The number of furan rings is 1. The summed E-state index contributed by atoms with van der Waals surface area (Å²) in [5, 5.41) is 7.03. The first-order valence-corrected chi connectivity index (χ1v) is 9.15. The summed E-state index contributed by atoms with van der Waals surface area (Å²) in [6.45, 7) is 0. The van der Waals surface area contributed by atoms with E-state index in [0.717, 1.165) is 18.2 Å². The molecule has 2 rings (SSSR count). The predicted molar refractivity (Wildman–Crippen MR) is 106 cm³/mol. The van der Waals surface area contributed by atoms with Crippen LogP contribution in [0.5, 0.6) is 0 Å². The first-order valence-electron chi connectivity index (χ1n) is 7.23. The molecule has 0 unspecified atom stereocenters. The Bertz CT molecular complexity index is 857. The van der Waals surface area contributed by atoms with E-state index < -0.39 is 27.6 Å². The fourth-order valence-corrected chi connectivity index (χ4v) is 2.62. The second kappa shape index (κ2) is 8.96. The second-order valence-corrected chi connectivity index (χ2v) is 8.40. The molecule has 152 valence electrons. The van der Waals surface area contributed by atoms with E-state index in [-0.39, 0.29) is 21.6 Å². The summed E-state index contributed by atoms with van der Waals surface area (Å²) in [6, 6.07) is 5.50. The van der Waals surface area contributed by atoms with Crippen LogP contribution in [0.4, 0.5) is 18.9 Å². The Morgan fingerprint density at radius 3 is 2.36 bits per heavy atom. The van der Waals surface area contributed by atoms with Crippen molar-refractivity contribution in [3.05, 3.63) is 52.9 Å². The molecule has 0 saturated carbocycles. The third-order valence-corrected chi connectivity index (χ3v) is 4.37. The monoisotopic (exact) mass is 493 g/mol. The number of carbonyl (C=O) groups excluding carboxylic acids is 1. The molecule has 1 aromatic heterocycles. The summed E-state index contributed by atoms with van der Waals surface area (Å²) in [5.74, 6) is -0.769. The van der Waals surface area contributed by atoms with E-state index in [4.69, 9.17) is 63.0 Å². The Morgan fingerprint density at radius 2 is 1.82 bits per heavy atom. The molecular formula is C15H10Cl4F3N3O2S. The molecule has 0 aliphatic carbocycles. The first kappa shape index (κ1) is 22.9. The van der Waals surface area contributed by atoms with Crippen LogP contribution in [0.25, 0.3) is 0 Å². The van der Waals surface area contributed by atoms with E-state index in [2.05, 4.69) is 16.0 Å². The van der Waals surface area contributed by atoms with E-state index in [1.54, 1.807) is 0 Å². The van der Waals surface area contributed by atoms with Crippen molar-refractivity contribution >= 4 is 75.3 Å². The minimum absolute atomic E-state index is 0.0257. The van der Waals surface area contributed by atoms with Crippen molar-refractivity contribution < 1.29 is 22.4 Å². The van der Waals surface area contributed by atoms with Crippen LogP contribution in [0.3, 0.4) is 0 Å². The lowest BCUT2D eigenvalue weighted by Crippen LogP contribution is -2.56. The van der Waals surface area contributed by atoms with E-state index in [1.165, 1.54) is 18.4 Å². The van der Waals surface area contributed by atoms with E-state index >= 15 is 0 Å². The number of rotatable bonds is 4. The molecule has 0 bridgehead atoms. The smallest absolute Gasteiger partial charge is 0.416 e. The van der Waals surface area contributed by atoms with Crippen LogP contribution >= 0.6 is 58.6 Å². The van der Waals surface area contributed by atoms with Gasteiger partial charge in [-0.3, -0.25) is 4.79 Å². The number of anilines is 1. The molecule has 1 amide bonds. The Hall–Kier alpha value is -1.39. The maximum absolute atomic E-state index is 12.9. The zero-order valence-electron chi connectivity index (χ0n) is 13.4. The van der Waals surface area contributed by atoms with Crippen LogP contribution in [0, 0.1) is 0 Å². The molecule has 5 nitrogen and oxygen atoms in total. The highest BCUT2D eigenvalue weighted by Crippen LogP contribution is 2.34. The molecule has 1 atom stereocenters. The molecule has 1 heterocycles. The van der Waals surface area contributed by atoms with Gasteiger partial charge in [0.1, 0.15) is 6.17 Å². The highest BCUT2D eigenvalue weighted by molar-refractivity contribution is 7.80. The number of thiocarbonyl (C=S) groups is 1. The lowest BCUT2D eigenvalue weighted by molar-refractivity contribution is -0.137. The number of carbonyl (C=O) groups is 1. The van der Waals surface area contributed by atoms with Gasteiger partial charge in [-0.15, -0.1) is 0 Å². The third-order valence-electron chi connectivity index (χ3n) is 3.17. The Labute approximate surface area is 182 Å². The quantitative estimate of drug-likeness (QED) is 0.303. The first-order chi connectivity index (χ1) is 12.9. The SMILES string of the molecule is O=C(N[C@H](NC(=S)Nc1cc(C(F)(F)F)ccc1Cl)C(Cl)(Cl)Cl)c1ccco1. The van der Waals surface area contributed by atoms with Crippen LogP contribution < -0.4 is 16.0 Å². The Morgan fingerprint density at radius 1 is 1.14 bits per heavy atom. The highest BCUT2D eigenvalue weighted by Gasteiger charge is 2.35. The van der Waals surface area contributed by atoms with Crippen molar-refractivity contribution in [1.29, 1.82) is 0 Å². The van der Waals surface area contributed by atoms with Gasteiger partial charge in [0.2, 0.25) is 3.79 Å². The molecule has 0 aliphatic rings. The van der Waals surface area contributed by atoms with Gasteiger partial charge >= 0.3 is 6.18 Å². The summed E-state index contributed by atoms with van der Waals surface area (Å²) in [5.41, 5.74) is -1.07.